The number of nitrogens with one attached hydrogen (secondary N) is 1. The number of methoxy groups -OCH3 is 1. The van der Waals surface area contributed by atoms with Crippen molar-refractivity contribution in [3.63, 3.8) is 0 Å². The predicted molar refractivity (Wildman–Crippen MR) is 77.2 cm³/mol. The largest absolute Gasteiger partial charge is 0.381 e. The van der Waals surface area contributed by atoms with Crippen molar-refractivity contribution in [3.05, 3.63) is 35.4 Å². The Kier molecular flexibility index (Phi) is 5.67. The van der Waals surface area contributed by atoms with Crippen LogP contribution in [0.3, 0.4) is 0 Å². The molecule has 1 saturated heterocycles. The van der Waals surface area contributed by atoms with Gasteiger partial charge < -0.3 is 14.8 Å². The van der Waals surface area contributed by atoms with Crippen LogP contribution in [0.25, 0.3) is 0 Å². The Balaban J connectivity index is 2.38. The summed E-state index contributed by atoms with van der Waals surface area (Å²) >= 11 is 0. The molecule has 0 bridgehead atoms. The molecule has 1 aliphatic heterocycles. The average molecular weight is 299 g/mol. The van der Waals surface area contributed by atoms with Gasteiger partial charge in [-0.25, -0.2) is 8.78 Å². The fourth-order valence-corrected chi connectivity index (χ4v) is 2.94. The maximum Gasteiger partial charge on any atom is 0.163 e. The van der Waals surface area contributed by atoms with Gasteiger partial charge in [-0.05, 0) is 19.0 Å². The van der Waals surface area contributed by atoms with Gasteiger partial charge in [0.05, 0.1) is 11.6 Å². The Morgan fingerprint density at radius 3 is 2.67 bits per heavy atom. The first-order chi connectivity index (χ1) is 10.1. The third-order valence-corrected chi connectivity index (χ3v) is 4.16. The molecule has 3 nitrogen and oxygen atoms in total. The highest BCUT2D eigenvalue weighted by Crippen LogP contribution is 2.38. The van der Waals surface area contributed by atoms with Crippen LogP contribution < -0.4 is 5.32 Å². The first kappa shape index (κ1) is 16.3. The van der Waals surface area contributed by atoms with E-state index < -0.39 is 17.2 Å². The summed E-state index contributed by atoms with van der Waals surface area (Å²) in [7, 11) is 1.63. The van der Waals surface area contributed by atoms with E-state index >= 15 is 0 Å². The molecular formula is C16H23F2NO2. The van der Waals surface area contributed by atoms with Crippen LogP contribution in [-0.2, 0) is 9.47 Å². The molecule has 1 aliphatic rings. The maximum absolute atomic E-state index is 14.2. The van der Waals surface area contributed by atoms with E-state index in [2.05, 4.69) is 5.32 Å². The zero-order valence-electron chi connectivity index (χ0n) is 12.6. The van der Waals surface area contributed by atoms with Gasteiger partial charge in [0, 0.05) is 38.7 Å². The van der Waals surface area contributed by atoms with Gasteiger partial charge in [-0.3, -0.25) is 0 Å². The molecule has 1 heterocycles. The first-order valence-electron chi connectivity index (χ1n) is 7.45. The molecule has 1 aromatic carbocycles. The third kappa shape index (κ3) is 3.42. The number of halogens is 2. The lowest BCUT2D eigenvalue weighted by molar-refractivity contribution is -0.112. The van der Waals surface area contributed by atoms with E-state index in [9.17, 15) is 8.78 Å². The minimum atomic E-state index is -0.825. The van der Waals surface area contributed by atoms with Crippen LogP contribution in [-0.4, -0.2) is 32.5 Å². The van der Waals surface area contributed by atoms with Crippen LogP contribution >= 0.6 is 0 Å². The van der Waals surface area contributed by atoms with Crippen molar-refractivity contribution < 1.29 is 18.3 Å². The fourth-order valence-electron chi connectivity index (χ4n) is 2.94. The van der Waals surface area contributed by atoms with Crippen molar-refractivity contribution in [2.24, 2.45) is 0 Å². The van der Waals surface area contributed by atoms with Crippen LogP contribution in [0.15, 0.2) is 18.2 Å². The van der Waals surface area contributed by atoms with Crippen LogP contribution in [0.5, 0.6) is 0 Å². The van der Waals surface area contributed by atoms with Crippen molar-refractivity contribution in [2.75, 3.05) is 26.9 Å². The standard InChI is InChI=1S/C16H23F2NO2/c1-3-9-19-15(12-5-4-6-13(17)14(12)18)16(20-2)7-10-21-11-8-16/h4-6,15,19H,3,7-11H2,1-2H3. The fraction of sp³-hybridized carbons (Fsp3) is 0.625. The second-order valence-electron chi connectivity index (χ2n) is 5.41. The van der Waals surface area contributed by atoms with Crippen molar-refractivity contribution in [2.45, 2.75) is 37.8 Å². The van der Waals surface area contributed by atoms with Crippen molar-refractivity contribution in [1.82, 2.24) is 5.32 Å². The summed E-state index contributed by atoms with van der Waals surface area (Å²) in [4.78, 5) is 0. The van der Waals surface area contributed by atoms with Crippen molar-refractivity contribution >= 4 is 0 Å². The van der Waals surface area contributed by atoms with E-state index in [-0.39, 0.29) is 6.04 Å². The van der Waals surface area contributed by atoms with Crippen molar-refractivity contribution in [3.8, 4) is 0 Å². The molecule has 2 rings (SSSR count). The normalized spacial score (nSPS) is 19.4. The van der Waals surface area contributed by atoms with Crippen molar-refractivity contribution in [1.29, 1.82) is 0 Å². The maximum atomic E-state index is 14.2. The molecule has 21 heavy (non-hydrogen) atoms. The number of hydrogen-bond donors (Lipinski definition) is 1. The monoisotopic (exact) mass is 299 g/mol. The Labute approximate surface area is 124 Å². The van der Waals surface area contributed by atoms with Gasteiger partial charge in [-0.1, -0.05) is 19.1 Å². The summed E-state index contributed by atoms with van der Waals surface area (Å²) < 4.78 is 39.0. The minimum Gasteiger partial charge on any atom is -0.381 e. The van der Waals surface area contributed by atoms with Gasteiger partial charge in [0.2, 0.25) is 0 Å². The molecule has 1 fully saturated rings. The summed E-state index contributed by atoms with van der Waals surface area (Å²) in [6.45, 7) is 3.88. The lowest BCUT2D eigenvalue weighted by Gasteiger charge is -2.43. The Morgan fingerprint density at radius 2 is 2.05 bits per heavy atom. The molecule has 0 amide bonds. The van der Waals surface area contributed by atoms with E-state index in [1.165, 1.54) is 6.07 Å². The molecule has 0 spiro atoms. The van der Waals surface area contributed by atoms with E-state index in [0.29, 0.717) is 38.2 Å². The average Bonchev–Trinajstić information content (AvgIpc) is 2.52. The molecular weight excluding hydrogens is 276 g/mol. The molecule has 0 radical (unpaired) electrons. The lowest BCUT2D eigenvalue weighted by atomic mass is 9.81. The molecule has 1 aromatic rings. The number of ether oxygens (including phenoxy) is 2. The first-order valence-corrected chi connectivity index (χ1v) is 7.45. The SMILES string of the molecule is CCCNC(c1cccc(F)c1F)C1(OC)CCOCC1. The van der Waals surface area contributed by atoms with Gasteiger partial charge in [-0.15, -0.1) is 0 Å². The van der Waals surface area contributed by atoms with Gasteiger partial charge in [0.25, 0.3) is 0 Å². The number of hydrogen-bond acceptors (Lipinski definition) is 3. The van der Waals surface area contributed by atoms with Gasteiger partial charge in [-0.2, -0.15) is 0 Å². The quantitative estimate of drug-likeness (QED) is 0.875. The van der Waals surface area contributed by atoms with E-state index in [1.807, 2.05) is 6.92 Å². The van der Waals surface area contributed by atoms with E-state index in [4.69, 9.17) is 9.47 Å². The summed E-state index contributed by atoms with van der Waals surface area (Å²) in [6.07, 6.45) is 2.21. The highest BCUT2D eigenvalue weighted by atomic mass is 19.2. The molecule has 1 N–H and O–H groups in total. The van der Waals surface area contributed by atoms with Gasteiger partial charge in [0.1, 0.15) is 0 Å². The highest BCUT2D eigenvalue weighted by molar-refractivity contribution is 5.26. The summed E-state index contributed by atoms with van der Waals surface area (Å²) in [5, 5.41) is 3.33. The topological polar surface area (TPSA) is 30.5 Å². The Hall–Kier alpha value is -1.04. The van der Waals surface area contributed by atoms with E-state index in [0.717, 1.165) is 12.5 Å². The summed E-state index contributed by atoms with van der Waals surface area (Å²) in [5.74, 6) is -1.62. The van der Waals surface area contributed by atoms with Gasteiger partial charge >= 0.3 is 0 Å². The summed E-state index contributed by atoms with van der Waals surface area (Å²) in [5.41, 5.74) is -0.241. The zero-order chi connectivity index (χ0) is 15.3. The van der Waals surface area contributed by atoms with Crippen LogP contribution in [0.4, 0.5) is 8.78 Å². The molecule has 0 aromatic heterocycles. The zero-order valence-corrected chi connectivity index (χ0v) is 12.6. The van der Waals surface area contributed by atoms with Crippen LogP contribution in [0, 0.1) is 11.6 Å². The number of rotatable bonds is 6. The minimum absolute atomic E-state index is 0.326. The molecule has 118 valence electrons. The smallest absolute Gasteiger partial charge is 0.163 e. The Bertz CT molecular complexity index is 462. The molecule has 1 atom stereocenters. The Morgan fingerprint density at radius 1 is 1.33 bits per heavy atom. The molecule has 1 unspecified atom stereocenters. The summed E-state index contributed by atoms with van der Waals surface area (Å²) in [6, 6.07) is 3.92. The number of benzene rings is 1. The van der Waals surface area contributed by atoms with Crippen LogP contribution in [0.2, 0.25) is 0 Å². The van der Waals surface area contributed by atoms with E-state index in [1.54, 1.807) is 13.2 Å². The molecule has 0 saturated carbocycles. The van der Waals surface area contributed by atoms with Gasteiger partial charge in [0.15, 0.2) is 11.6 Å². The highest BCUT2D eigenvalue weighted by Gasteiger charge is 2.42. The van der Waals surface area contributed by atoms with Crippen LogP contribution in [0.1, 0.15) is 37.8 Å². The second-order valence-corrected chi connectivity index (χ2v) is 5.41. The molecule has 5 heteroatoms. The second kappa shape index (κ2) is 7.29. The predicted octanol–water partition coefficient (Wildman–Crippen LogP) is 3.20. The third-order valence-electron chi connectivity index (χ3n) is 4.16. The lowest BCUT2D eigenvalue weighted by Crippen LogP contribution is -2.49. The molecule has 0 aliphatic carbocycles.